The maximum absolute atomic E-state index is 12.9. The first-order valence-electron chi connectivity index (χ1n) is 11.6. The van der Waals surface area contributed by atoms with Gasteiger partial charge in [0.15, 0.2) is 17.1 Å². The maximum atomic E-state index is 12.9. The summed E-state index contributed by atoms with van der Waals surface area (Å²) < 4.78 is 6.11. The number of carbonyl (C=O) groups is 2. The summed E-state index contributed by atoms with van der Waals surface area (Å²) in [5.74, 6) is 0.0705. The number of carbonyl (C=O) groups excluding carboxylic acids is 2. The third kappa shape index (κ3) is 6.54. The normalized spacial score (nSPS) is 17.9. The minimum atomic E-state index is -1.16. The fourth-order valence-corrected chi connectivity index (χ4v) is 3.68. The van der Waals surface area contributed by atoms with Crippen molar-refractivity contribution in [2.75, 3.05) is 6.54 Å². The fraction of sp³-hybridized carbons (Fsp3) is 0.370. The van der Waals surface area contributed by atoms with Gasteiger partial charge in [0.25, 0.3) is 0 Å². The second-order valence-electron chi connectivity index (χ2n) is 8.25. The van der Waals surface area contributed by atoms with E-state index in [1.165, 1.54) is 31.8 Å². The molecule has 6 nitrogen and oxygen atoms in total. The van der Waals surface area contributed by atoms with E-state index >= 15 is 0 Å². The van der Waals surface area contributed by atoms with Gasteiger partial charge in [-0.3, -0.25) is 9.63 Å². The van der Waals surface area contributed by atoms with Crippen molar-refractivity contribution in [1.29, 1.82) is 0 Å². The molecule has 0 fully saturated rings. The third-order valence-electron chi connectivity index (χ3n) is 5.67. The number of oxime groups is 1. The van der Waals surface area contributed by atoms with Gasteiger partial charge in [-0.05, 0) is 13.3 Å². The monoisotopic (exact) mass is 448 g/mol. The van der Waals surface area contributed by atoms with E-state index in [1.807, 2.05) is 60.7 Å². The van der Waals surface area contributed by atoms with Gasteiger partial charge in [0.2, 0.25) is 5.78 Å². The van der Waals surface area contributed by atoms with Gasteiger partial charge in [-0.1, -0.05) is 105 Å². The van der Waals surface area contributed by atoms with Crippen LogP contribution in [0, 0.1) is 0 Å². The van der Waals surface area contributed by atoms with E-state index in [-0.39, 0.29) is 11.5 Å². The summed E-state index contributed by atoms with van der Waals surface area (Å²) in [5.41, 5.74) is 0.550. The van der Waals surface area contributed by atoms with E-state index in [2.05, 4.69) is 17.4 Å². The van der Waals surface area contributed by atoms with Gasteiger partial charge in [0.05, 0.1) is 0 Å². The van der Waals surface area contributed by atoms with E-state index in [1.54, 1.807) is 6.92 Å². The second kappa shape index (κ2) is 12.0. The standard InChI is InChI=1S/C27H32N2O4/c1-3-4-5-6-7-14-19-28-26(31)33-29-25(21-15-10-8-11-16-21)23-20-24(30)27(2,32-23)22-17-12-9-13-18-22/h8-13,15-18,20H,3-7,14,19H2,1-2H3,(H,28,31). The number of nitrogens with zero attached hydrogens (tertiary/aromatic N) is 1. The molecule has 1 N–H and O–H groups in total. The van der Waals surface area contributed by atoms with Crippen LogP contribution in [0.15, 0.2) is 77.7 Å². The van der Waals surface area contributed by atoms with Crippen LogP contribution < -0.4 is 5.32 Å². The molecular weight excluding hydrogens is 416 g/mol. The van der Waals surface area contributed by atoms with Crippen molar-refractivity contribution < 1.29 is 19.2 Å². The van der Waals surface area contributed by atoms with E-state index in [4.69, 9.17) is 9.57 Å². The molecular formula is C27H32N2O4. The number of hydrogen-bond acceptors (Lipinski definition) is 5. The highest BCUT2D eigenvalue weighted by molar-refractivity contribution is 6.16. The molecule has 1 heterocycles. The van der Waals surface area contributed by atoms with Gasteiger partial charge in [0, 0.05) is 23.7 Å². The Morgan fingerprint density at radius 1 is 0.970 bits per heavy atom. The van der Waals surface area contributed by atoms with Crippen LogP contribution in [0.25, 0.3) is 0 Å². The lowest BCUT2D eigenvalue weighted by molar-refractivity contribution is -0.128. The highest BCUT2D eigenvalue weighted by Crippen LogP contribution is 2.36. The summed E-state index contributed by atoms with van der Waals surface area (Å²) in [4.78, 5) is 30.2. The first kappa shape index (κ1) is 24.2. The zero-order chi connectivity index (χ0) is 23.5. The first-order chi connectivity index (χ1) is 16.0. The fourth-order valence-electron chi connectivity index (χ4n) is 3.68. The smallest absolute Gasteiger partial charge is 0.433 e. The van der Waals surface area contributed by atoms with Gasteiger partial charge < -0.3 is 10.1 Å². The molecule has 0 saturated carbocycles. The van der Waals surface area contributed by atoms with Gasteiger partial charge >= 0.3 is 6.09 Å². The van der Waals surface area contributed by atoms with Crippen molar-refractivity contribution in [3.63, 3.8) is 0 Å². The summed E-state index contributed by atoms with van der Waals surface area (Å²) in [6.07, 6.45) is 7.59. The SMILES string of the molecule is CCCCCCCCNC(=O)ON=C(C1=CC(=O)C(C)(c2ccccc2)O1)c1ccccc1. The van der Waals surface area contributed by atoms with Gasteiger partial charge in [-0.15, -0.1) is 0 Å². The quantitative estimate of drug-likeness (QED) is 0.202. The molecule has 3 rings (SSSR count). The number of ketones is 1. The van der Waals surface area contributed by atoms with Crippen molar-refractivity contribution in [2.24, 2.45) is 5.16 Å². The predicted octanol–water partition coefficient (Wildman–Crippen LogP) is 5.88. The number of benzene rings is 2. The lowest BCUT2D eigenvalue weighted by atomic mass is 9.92. The summed E-state index contributed by atoms with van der Waals surface area (Å²) in [6.45, 7) is 4.45. The molecule has 1 aliphatic rings. The maximum Gasteiger partial charge on any atom is 0.433 e. The molecule has 0 bridgehead atoms. The molecule has 0 radical (unpaired) electrons. The number of unbranched alkanes of at least 4 members (excludes halogenated alkanes) is 5. The van der Waals surface area contributed by atoms with Gasteiger partial charge in [-0.2, -0.15) is 0 Å². The first-order valence-corrected chi connectivity index (χ1v) is 11.6. The molecule has 0 saturated heterocycles. The lowest BCUT2D eigenvalue weighted by Gasteiger charge is -2.24. The van der Waals surface area contributed by atoms with Gasteiger partial charge in [-0.25, -0.2) is 4.79 Å². The van der Waals surface area contributed by atoms with E-state index in [0.717, 1.165) is 18.4 Å². The Kier molecular flexibility index (Phi) is 8.81. The topological polar surface area (TPSA) is 77.0 Å². The van der Waals surface area contributed by atoms with Crippen LogP contribution in [0.5, 0.6) is 0 Å². The second-order valence-corrected chi connectivity index (χ2v) is 8.25. The Morgan fingerprint density at radius 3 is 2.30 bits per heavy atom. The summed E-state index contributed by atoms with van der Waals surface area (Å²) in [7, 11) is 0. The Bertz CT molecular complexity index is 986. The average molecular weight is 449 g/mol. The van der Waals surface area contributed by atoms with Crippen LogP contribution in [-0.2, 0) is 20.0 Å². The number of amides is 1. The number of ether oxygens (including phenoxy) is 1. The predicted molar refractivity (Wildman–Crippen MR) is 129 cm³/mol. The Hall–Kier alpha value is -3.41. The summed E-state index contributed by atoms with van der Waals surface area (Å²) >= 11 is 0. The average Bonchev–Trinajstić information content (AvgIpc) is 3.15. The minimum absolute atomic E-state index is 0.195. The molecule has 6 heteroatoms. The molecule has 1 unspecified atom stereocenters. The lowest BCUT2D eigenvalue weighted by Crippen LogP contribution is -2.30. The van der Waals surface area contributed by atoms with Crippen molar-refractivity contribution in [2.45, 2.75) is 58.0 Å². The molecule has 2 aromatic rings. The molecule has 0 aromatic heterocycles. The highest BCUT2D eigenvalue weighted by Gasteiger charge is 2.43. The van der Waals surface area contributed by atoms with E-state index < -0.39 is 11.7 Å². The highest BCUT2D eigenvalue weighted by atomic mass is 16.7. The van der Waals surface area contributed by atoms with Crippen molar-refractivity contribution >= 4 is 17.6 Å². The molecule has 0 aliphatic carbocycles. The number of allylic oxidation sites excluding steroid dienone is 1. The minimum Gasteiger partial charge on any atom is -0.472 e. The Balaban J connectivity index is 1.67. The van der Waals surface area contributed by atoms with Crippen LogP contribution >= 0.6 is 0 Å². The summed E-state index contributed by atoms with van der Waals surface area (Å²) in [5, 5.41) is 6.79. The van der Waals surface area contributed by atoms with Crippen LogP contribution in [0.4, 0.5) is 4.79 Å². The van der Waals surface area contributed by atoms with Gasteiger partial charge in [0.1, 0.15) is 0 Å². The van der Waals surface area contributed by atoms with Crippen molar-refractivity contribution in [1.82, 2.24) is 5.32 Å². The van der Waals surface area contributed by atoms with Crippen LogP contribution in [0.2, 0.25) is 0 Å². The van der Waals surface area contributed by atoms with Crippen molar-refractivity contribution in [3.05, 3.63) is 83.6 Å². The number of hydrogen-bond donors (Lipinski definition) is 1. The van der Waals surface area contributed by atoms with Crippen LogP contribution in [-0.4, -0.2) is 24.1 Å². The molecule has 1 atom stereocenters. The molecule has 174 valence electrons. The number of rotatable bonds is 11. The molecule has 1 aliphatic heterocycles. The molecule has 33 heavy (non-hydrogen) atoms. The molecule has 0 spiro atoms. The van der Waals surface area contributed by atoms with Crippen LogP contribution in [0.3, 0.4) is 0 Å². The molecule has 2 aromatic carbocycles. The zero-order valence-electron chi connectivity index (χ0n) is 19.4. The number of nitrogens with one attached hydrogen (secondary N) is 1. The van der Waals surface area contributed by atoms with Crippen LogP contribution in [0.1, 0.15) is 63.5 Å². The zero-order valence-corrected chi connectivity index (χ0v) is 19.4. The van der Waals surface area contributed by atoms with E-state index in [0.29, 0.717) is 17.8 Å². The largest absolute Gasteiger partial charge is 0.472 e. The third-order valence-corrected chi connectivity index (χ3v) is 5.67. The Morgan fingerprint density at radius 2 is 1.61 bits per heavy atom. The summed E-state index contributed by atoms with van der Waals surface area (Å²) in [6, 6.07) is 18.5. The van der Waals surface area contributed by atoms with E-state index in [9.17, 15) is 9.59 Å². The Labute approximate surface area is 195 Å². The van der Waals surface area contributed by atoms with Crippen molar-refractivity contribution in [3.8, 4) is 0 Å². The molecule has 1 amide bonds.